The predicted octanol–water partition coefficient (Wildman–Crippen LogP) is 5.53. The maximum absolute atomic E-state index is 11.6. The van der Waals surface area contributed by atoms with Crippen LogP contribution in [0.1, 0.15) is 111 Å². The van der Waals surface area contributed by atoms with Gasteiger partial charge in [-0.15, -0.1) is 0 Å². The van der Waals surface area contributed by atoms with Gasteiger partial charge < -0.3 is 9.47 Å². The van der Waals surface area contributed by atoms with Gasteiger partial charge in [-0.25, -0.2) is 0 Å². The Bertz CT molecular complexity index is 406. The zero-order valence-electron chi connectivity index (χ0n) is 17.7. The molecule has 0 aromatic carbocycles. The maximum atomic E-state index is 11.6. The van der Waals surface area contributed by atoms with Crippen LogP contribution in [0.4, 0.5) is 0 Å². The number of esters is 2. The van der Waals surface area contributed by atoms with E-state index in [1.165, 1.54) is 64.7 Å². The first-order valence-corrected chi connectivity index (χ1v) is 10.8. The molecule has 0 heterocycles. The number of carbonyl (C=O) groups excluding carboxylic acids is 3. The maximum Gasteiger partial charge on any atom is 0.306 e. The standard InChI is InChI=1S/C22H40O5/c1-4-5-6-7-8-9-10-11-12-13-14-18-26-21(24)16-15-17-22(25)27-20(3)19(2)23/h20H,4-18H2,1-3H3. The molecule has 1 unspecified atom stereocenters. The molecule has 0 saturated carbocycles. The minimum Gasteiger partial charge on any atom is -0.466 e. The fraction of sp³-hybridized carbons (Fsp3) is 0.864. The Balaban J connectivity index is 3.37. The zero-order chi connectivity index (χ0) is 20.3. The Hall–Kier alpha value is -1.39. The molecule has 0 aliphatic rings. The van der Waals surface area contributed by atoms with Crippen molar-refractivity contribution in [3.63, 3.8) is 0 Å². The molecular weight excluding hydrogens is 344 g/mol. The van der Waals surface area contributed by atoms with Crippen molar-refractivity contribution in [1.82, 2.24) is 0 Å². The van der Waals surface area contributed by atoms with Gasteiger partial charge in [0, 0.05) is 12.8 Å². The van der Waals surface area contributed by atoms with Gasteiger partial charge in [0.2, 0.25) is 0 Å². The summed E-state index contributed by atoms with van der Waals surface area (Å²) >= 11 is 0. The lowest BCUT2D eigenvalue weighted by Gasteiger charge is -2.09. The van der Waals surface area contributed by atoms with Gasteiger partial charge in [-0.1, -0.05) is 71.1 Å². The van der Waals surface area contributed by atoms with Gasteiger partial charge in [-0.2, -0.15) is 0 Å². The summed E-state index contributed by atoms with van der Waals surface area (Å²) in [6, 6.07) is 0. The van der Waals surface area contributed by atoms with E-state index in [1.54, 1.807) is 6.92 Å². The normalized spacial score (nSPS) is 11.8. The second kappa shape index (κ2) is 18.0. The van der Waals surface area contributed by atoms with Crippen LogP contribution in [-0.2, 0) is 23.9 Å². The van der Waals surface area contributed by atoms with E-state index in [9.17, 15) is 14.4 Å². The van der Waals surface area contributed by atoms with Crippen molar-refractivity contribution in [1.29, 1.82) is 0 Å². The average molecular weight is 385 g/mol. The fourth-order valence-electron chi connectivity index (χ4n) is 2.74. The van der Waals surface area contributed by atoms with Gasteiger partial charge in [-0.3, -0.25) is 14.4 Å². The highest BCUT2D eigenvalue weighted by Gasteiger charge is 2.14. The Morgan fingerprint density at radius 1 is 0.704 bits per heavy atom. The summed E-state index contributed by atoms with van der Waals surface area (Å²) in [7, 11) is 0. The lowest BCUT2D eigenvalue weighted by Crippen LogP contribution is -2.21. The van der Waals surface area contributed by atoms with Gasteiger partial charge >= 0.3 is 11.9 Å². The number of hydrogen-bond donors (Lipinski definition) is 0. The van der Waals surface area contributed by atoms with Crippen LogP contribution in [0.2, 0.25) is 0 Å². The van der Waals surface area contributed by atoms with E-state index in [2.05, 4.69) is 6.92 Å². The smallest absolute Gasteiger partial charge is 0.306 e. The van der Waals surface area contributed by atoms with Crippen LogP contribution in [0.3, 0.4) is 0 Å². The van der Waals surface area contributed by atoms with E-state index < -0.39 is 12.1 Å². The number of hydrogen-bond acceptors (Lipinski definition) is 5. The Labute approximate surface area is 165 Å². The molecule has 5 heteroatoms. The van der Waals surface area contributed by atoms with Crippen molar-refractivity contribution < 1.29 is 23.9 Å². The Kier molecular flexibility index (Phi) is 17.1. The third-order valence-corrected chi connectivity index (χ3v) is 4.65. The number of rotatable bonds is 18. The highest BCUT2D eigenvalue weighted by molar-refractivity contribution is 5.83. The minimum atomic E-state index is -0.717. The van der Waals surface area contributed by atoms with Gasteiger partial charge in [0.05, 0.1) is 6.61 Å². The number of carbonyl (C=O) groups is 3. The second-order valence-corrected chi connectivity index (χ2v) is 7.35. The van der Waals surface area contributed by atoms with Crippen molar-refractivity contribution in [2.45, 2.75) is 117 Å². The third-order valence-electron chi connectivity index (χ3n) is 4.65. The number of unbranched alkanes of at least 4 members (excludes halogenated alkanes) is 10. The van der Waals surface area contributed by atoms with Crippen LogP contribution >= 0.6 is 0 Å². The molecule has 0 aliphatic carbocycles. The van der Waals surface area contributed by atoms with Crippen LogP contribution in [0.25, 0.3) is 0 Å². The molecule has 0 rings (SSSR count). The van der Waals surface area contributed by atoms with Crippen molar-refractivity contribution >= 4 is 17.7 Å². The highest BCUT2D eigenvalue weighted by Crippen LogP contribution is 2.11. The SMILES string of the molecule is CCCCCCCCCCCCCOC(=O)CCCC(=O)OC(C)C(C)=O. The zero-order valence-corrected chi connectivity index (χ0v) is 17.7. The summed E-state index contributed by atoms with van der Waals surface area (Å²) in [4.78, 5) is 34.1. The van der Waals surface area contributed by atoms with Crippen LogP contribution in [0.15, 0.2) is 0 Å². The number of ether oxygens (including phenoxy) is 2. The summed E-state index contributed by atoms with van der Waals surface area (Å²) in [5.41, 5.74) is 0. The summed E-state index contributed by atoms with van der Waals surface area (Å²) < 4.78 is 10.1. The number of ketones is 1. The molecule has 0 radical (unpaired) electrons. The summed E-state index contributed by atoms with van der Waals surface area (Å²) in [6.07, 6.45) is 13.9. The lowest BCUT2D eigenvalue weighted by molar-refractivity contribution is -0.153. The molecule has 0 aromatic heterocycles. The molecule has 5 nitrogen and oxygen atoms in total. The first-order valence-electron chi connectivity index (χ1n) is 10.8. The molecule has 0 N–H and O–H groups in total. The van der Waals surface area contributed by atoms with Crippen molar-refractivity contribution in [3.8, 4) is 0 Å². The molecule has 27 heavy (non-hydrogen) atoms. The molecular formula is C22H40O5. The van der Waals surface area contributed by atoms with Gasteiger partial charge in [0.1, 0.15) is 0 Å². The molecule has 1 atom stereocenters. The van der Waals surface area contributed by atoms with Crippen molar-refractivity contribution in [2.24, 2.45) is 0 Å². The second-order valence-electron chi connectivity index (χ2n) is 7.35. The molecule has 0 bridgehead atoms. The van der Waals surface area contributed by atoms with Gasteiger partial charge in [0.25, 0.3) is 0 Å². The van der Waals surface area contributed by atoms with E-state index in [0.717, 1.165) is 12.8 Å². The van der Waals surface area contributed by atoms with Crippen LogP contribution < -0.4 is 0 Å². The quantitative estimate of drug-likeness (QED) is 0.229. The first-order chi connectivity index (χ1) is 13.0. The highest BCUT2D eigenvalue weighted by atomic mass is 16.5. The fourth-order valence-corrected chi connectivity index (χ4v) is 2.74. The minimum absolute atomic E-state index is 0.130. The third kappa shape index (κ3) is 17.8. The molecule has 0 fully saturated rings. The van der Waals surface area contributed by atoms with Crippen molar-refractivity contribution in [3.05, 3.63) is 0 Å². The van der Waals surface area contributed by atoms with Crippen molar-refractivity contribution in [2.75, 3.05) is 6.61 Å². The molecule has 0 amide bonds. The largest absolute Gasteiger partial charge is 0.466 e. The Morgan fingerprint density at radius 3 is 1.70 bits per heavy atom. The van der Waals surface area contributed by atoms with E-state index in [4.69, 9.17) is 9.47 Å². The molecule has 0 spiro atoms. The van der Waals surface area contributed by atoms with Crippen LogP contribution in [0, 0.1) is 0 Å². The van der Waals surface area contributed by atoms with Gasteiger partial charge in [0.15, 0.2) is 11.9 Å². The monoisotopic (exact) mass is 384 g/mol. The number of Topliss-reactive ketones (excluding diaryl/α,β-unsaturated/α-hetero) is 1. The van der Waals surface area contributed by atoms with E-state index in [1.807, 2.05) is 0 Å². The van der Waals surface area contributed by atoms with E-state index >= 15 is 0 Å². The topological polar surface area (TPSA) is 69.7 Å². The molecule has 0 saturated heterocycles. The molecule has 158 valence electrons. The van der Waals surface area contributed by atoms with Crippen LogP contribution in [0.5, 0.6) is 0 Å². The lowest BCUT2D eigenvalue weighted by atomic mass is 10.1. The summed E-state index contributed by atoms with van der Waals surface area (Å²) in [6.45, 7) is 5.63. The molecule has 0 aromatic rings. The van der Waals surface area contributed by atoms with E-state index in [0.29, 0.717) is 13.0 Å². The summed E-state index contributed by atoms with van der Waals surface area (Å²) in [5.74, 6) is -0.903. The predicted molar refractivity (Wildman–Crippen MR) is 108 cm³/mol. The molecule has 0 aliphatic heterocycles. The Morgan fingerprint density at radius 2 is 1.19 bits per heavy atom. The summed E-state index contributed by atoms with van der Waals surface area (Å²) in [5, 5.41) is 0. The van der Waals surface area contributed by atoms with E-state index in [-0.39, 0.29) is 24.6 Å². The average Bonchev–Trinajstić information content (AvgIpc) is 2.62. The van der Waals surface area contributed by atoms with Crippen LogP contribution in [-0.4, -0.2) is 30.4 Å². The first kappa shape index (κ1) is 25.6. The van der Waals surface area contributed by atoms with Gasteiger partial charge in [-0.05, 0) is 26.7 Å².